The van der Waals surface area contributed by atoms with Crippen LogP contribution in [-0.2, 0) is 0 Å². The van der Waals surface area contributed by atoms with Gasteiger partial charge < -0.3 is 5.32 Å². The van der Waals surface area contributed by atoms with E-state index in [4.69, 9.17) is 0 Å². The first-order valence-electron chi connectivity index (χ1n) is 7.92. The molecule has 126 valence electrons. The van der Waals surface area contributed by atoms with Gasteiger partial charge in [0.05, 0.1) is 11.6 Å². The zero-order valence-corrected chi connectivity index (χ0v) is 13.7. The van der Waals surface area contributed by atoms with Crippen LogP contribution in [0.2, 0.25) is 0 Å². The number of halogens is 2. The van der Waals surface area contributed by atoms with Crippen LogP contribution >= 0.6 is 0 Å². The van der Waals surface area contributed by atoms with E-state index in [9.17, 15) is 13.6 Å². The van der Waals surface area contributed by atoms with Crippen molar-refractivity contribution in [1.82, 2.24) is 5.32 Å². The highest BCUT2D eigenvalue weighted by Gasteiger charge is 2.20. The van der Waals surface area contributed by atoms with E-state index < -0.39 is 23.6 Å². The predicted octanol–water partition coefficient (Wildman–Crippen LogP) is 4.79. The van der Waals surface area contributed by atoms with Crippen molar-refractivity contribution in [3.8, 4) is 0 Å². The minimum atomic E-state index is -0.881. The van der Waals surface area contributed by atoms with Crippen LogP contribution in [0.5, 0.6) is 0 Å². The third-order valence-electron chi connectivity index (χ3n) is 3.99. The molecule has 0 fully saturated rings. The second kappa shape index (κ2) is 7.26. The van der Waals surface area contributed by atoms with Crippen molar-refractivity contribution in [2.24, 2.45) is 0 Å². The molecule has 3 aromatic carbocycles. The van der Waals surface area contributed by atoms with Crippen LogP contribution in [0.25, 0.3) is 0 Å². The fraction of sp³-hybridized carbons (Fsp3) is 0.0952. The monoisotopic (exact) mass is 337 g/mol. The summed E-state index contributed by atoms with van der Waals surface area (Å²) < 4.78 is 27.0. The summed E-state index contributed by atoms with van der Waals surface area (Å²) in [6.45, 7) is 1.98. The molecule has 0 aromatic heterocycles. The van der Waals surface area contributed by atoms with Crippen LogP contribution in [0.4, 0.5) is 8.78 Å². The van der Waals surface area contributed by atoms with Crippen molar-refractivity contribution < 1.29 is 13.6 Å². The van der Waals surface area contributed by atoms with Gasteiger partial charge >= 0.3 is 0 Å². The van der Waals surface area contributed by atoms with E-state index in [0.29, 0.717) is 6.07 Å². The Morgan fingerprint density at radius 3 is 2.16 bits per heavy atom. The molecule has 0 saturated carbocycles. The van der Waals surface area contributed by atoms with Crippen molar-refractivity contribution in [2.45, 2.75) is 13.0 Å². The number of amides is 1. The average molecular weight is 337 g/mol. The summed E-state index contributed by atoms with van der Waals surface area (Å²) in [5, 5.41) is 2.84. The SMILES string of the molecule is Cc1ccc(C(NC(=O)c2ccc(F)cc2F)c2ccccc2)cc1. The van der Waals surface area contributed by atoms with Gasteiger partial charge in [-0.15, -0.1) is 0 Å². The first-order chi connectivity index (χ1) is 12.0. The fourth-order valence-electron chi connectivity index (χ4n) is 2.65. The third-order valence-corrected chi connectivity index (χ3v) is 3.99. The minimum absolute atomic E-state index is 0.186. The largest absolute Gasteiger partial charge is 0.341 e. The van der Waals surface area contributed by atoms with Gasteiger partial charge in [0.1, 0.15) is 11.6 Å². The van der Waals surface area contributed by atoms with E-state index in [1.807, 2.05) is 61.5 Å². The summed E-state index contributed by atoms with van der Waals surface area (Å²) in [6, 6.07) is 19.7. The Morgan fingerprint density at radius 1 is 0.880 bits per heavy atom. The number of hydrogen-bond acceptors (Lipinski definition) is 1. The molecule has 25 heavy (non-hydrogen) atoms. The van der Waals surface area contributed by atoms with E-state index in [0.717, 1.165) is 28.8 Å². The molecular formula is C21H17F2NO. The van der Waals surface area contributed by atoms with Gasteiger partial charge in [-0.05, 0) is 30.2 Å². The Bertz CT molecular complexity index is 876. The molecule has 4 heteroatoms. The van der Waals surface area contributed by atoms with Gasteiger partial charge in [0.25, 0.3) is 5.91 Å². The van der Waals surface area contributed by atoms with Crippen molar-refractivity contribution in [1.29, 1.82) is 0 Å². The molecule has 0 radical (unpaired) electrons. The summed E-state index contributed by atoms with van der Waals surface area (Å²) in [4.78, 5) is 12.5. The minimum Gasteiger partial charge on any atom is -0.341 e. The van der Waals surface area contributed by atoms with E-state index in [-0.39, 0.29) is 5.56 Å². The number of carbonyl (C=O) groups excluding carboxylic acids is 1. The van der Waals surface area contributed by atoms with Gasteiger partial charge in [-0.1, -0.05) is 60.2 Å². The molecule has 2 nitrogen and oxygen atoms in total. The Morgan fingerprint density at radius 2 is 1.52 bits per heavy atom. The quantitative estimate of drug-likeness (QED) is 0.728. The van der Waals surface area contributed by atoms with Gasteiger partial charge in [0.15, 0.2) is 0 Å². The van der Waals surface area contributed by atoms with Gasteiger partial charge in [-0.3, -0.25) is 4.79 Å². The van der Waals surface area contributed by atoms with Crippen LogP contribution in [0, 0.1) is 18.6 Å². The number of carbonyl (C=O) groups is 1. The van der Waals surface area contributed by atoms with Gasteiger partial charge in [0, 0.05) is 6.07 Å². The lowest BCUT2D eigenvalue weighted by Crippen LogP contribution is -2.30. The fourth-order valence-corrected chi connectivity index (χ4v) is 2.65. The van der Waals surface area contributed by atoms with Gasteiger partial charge in [-0.25, -0.2) is 8.78 Å². The van der Waals surface area contributed by atoms with Gasteiger partial charge in [-0.2, -0.15) is 0 Å². The molecule has 3 rings (SSSR count). The van der Waals surface area contributed by atoms with E-state index in [1.54, 1.807) is 0 Å². The number of rotatable bonds is 4. The molecule has 1 amide bonds. The normalized spacial score (nSPS) is 11.8. The topological polar surface area (TPSA) is 29.1 Å². The molecule has 0 saturated heterocycles. The predicted molar refractivity (Wildman–Crippen MR) is 93.3 cm³/mol. The maximum Gasteiger partial charge on any atom is 0.255 e. The molecule has 1 unspecified atom stereocenters. The molecule has 0 aliphatic rings. The highest BCUT2D eigenvalue weighted by molar-refractivity contribution is 5.95. The maximum absolute atomic E-state index is 13.9. The Kier molecular flexibility index (Phi) is 4.89. The second-order valence-corrected chi connectivity index (χ2v) is 5.85. The van der Waals surface area contributed by atoms with Crippen molar-refractivity contribution in [3.05, 3.63) is 107 Å². The summed E-state index contributed by atoms with van der Waals surface area (Å²) >= 11 is 0. The number of benzene rings is 3. The zero-order chi connectivity index (χ0) is 17.8. The highest BCUT2D eigenvalue weighted by atomic mass is 19.1. The lowest BCUT2D eigenvalue weighted by atomic mass is 9.97. The smallest absolute Gasteiger partial charge is 0.255 e. The average Bonchev–Trinajstić information content (AvgIpc) is 2.61. The lowest BCUT2D eigenvalue weighted by Gasteiger charge is -2.20. The molecule has 1 N–H and O–H groups in total. The van der Waals surface area contributed by atoms with E-state index in [2.05, 4.69) is 5.32 Å². The Hall–Kier alpha value is -3.01. The summed E-state index contributed by atoms with van der Waals surface area (Å²) in [5.41, 5.74) is 2.68. The second-order valence-electron chi connectivity index (χ2n) is 5.85. The Balaban J connectivity index is 1.95. The third kappa shape index (κ3) is 3.91. The number of hydrogen-bond donors (Lipinski definition) is 1. The van der Waals surface area contributed by atoms with Crippen LogP contribution in [0.3, 0.4) is 0 Å². The number of nitrogens with one attached hydrogen (secondary N) is 1. The molecule has 3 aromatic rings. The van der Waals surface area contributed by atoms with Gasteiger partial charge in [0.2, 0.25) is 0 Å². The molecule has 0 aliphatic carbocycles. The van der Waals surface area contributed by atoms with Crippen LogP contribution in [0.1, 0.15) is 33.1 Å². The van der Waals surface area contributed by atoms with Crippen molar-refractivity contribution >= 4 is 5.91 Å². The van der Waals surface area contributed by atoms with E-state index >= 15 is 0 Å². The lowest BCUT2D eigenvalue weighted by molar-refractivity contribution is 0.0939. The molecular weight excluding hydrogens is 320 g/mol. The Labute approximate surface area is 145 Å². The summed E-state index contributed by atoms with van der Waals surface area (Å²) in [7, 11) is 0. The molecule has 0 bridgehead atoms. The van der Waals surface area contributed by atoms with Crippen molar-refractivity contribution in [2.75, 3.05) is 0 Å². The molecule has 0 aliphatic heterocycles. The molecule has 1 atom stereocenters. The van der Waals surface area contributed by atoms with E-state index in [1.165, 1.54) is 0 Å². The number of aryl methyl sites for hydroxylation is 1. The van der Waals surface area contributed by atoms with Crippen LogP contribution in [0.15, 0.2) is 72.8 Å². The highest BCUT2D eigenvalue weighted by Crippen LogP contribution is 2.23. The first kappa shape index (κ1) is 16.8. The summed E-state index contributed by atoms with van der Waals surface area (Å²) in [5.74, 6) is -2.19. The van der Waals surface area contributed by atoms with Crippen LogP contribution < -0.4 is 5.32 Å². The van der Waals surface area contributed by atoms with Crippen molar-refractivity contribution in [3.63, 3.8) is 0 Å². The van der Waals surface area contributed by atoms with Crippen LogP contribution in [-0.4, -0.2) is 5.91 Å². The summed E-state index contributed by atoms with van der Waals surface area (Å²) in [6.07, 6.45) is 0. The first-order valence-corrected chi connectivity index (χ1v) is 7.92. The molecule has 0 heterocycles. The molecule has 0 spiro atoms. The maximum atomic E-state index is 13.9. The zero-order valence-electron chi connectivity index (χ0n) is 13.7. The standard InChI is InChI=1S/C21H17F2NO/c1-14-7-9-16(10-8-14)20(15-5-3-2-4-6-15)24-21(25)18-12-11-17(22)13-19(18)23/h2-13,20H,1H3,(H,24,25).